The van der Waals surface area contributed by atoms with Gasteiger partial charge in [0.2, 0.25) is 11.8 Å². The van der Waals surface area contributed by atoms with E-state index in [1.165, 1.54) is 4.90 Å². The van der Waals surface area contributed by atoms with Gasteiger partial charge in [-0.3, -0.25) is 14.5 Å². The average Bonchev–Trinajstić information content (AvgIpc) is 2.88. The lowest BCUT2D eigenvalue weighted by atomic mass is 10.1. The zero-order valence-electron chi connectivity index (χ0n) is 13.0. The number of hydrogen-bond acceptors (Lipinski definition) is 5. The van der Waals surface area contributed by atoms with Crippen molar-refractivity contribution in [1.29, 1.82) is 0 Å². The number of carbonyl (C=O) groups excluding carboxylic acids is 2. The van der Waals surface area contributed by atoms with E-state index in [0.29, 0.717) is 19.6 Å². The van der Waals surface area contributed by atoms with Crippen LogP contribution in [0.4, 0.5) is 0 Å². The summed E-state index contributed by atoms with van der Waals surface area (Å²) in [5, 5.41) is 11.7. The lowest BCUT2D eigenvalue weighted by molar-refractivity contribution is -0.138. The Morgan fingerprint density at radius 3 is 2.95 bits per heavy atom. The molecule has 2 heterocycles. The summed E-state index contributed by atoms with van der Waals surface area (Å²) in [4.78, 5) is 27.6. The fourth-order valence-electron chi connectivity index (χ4n) is 2.54. The molecule has 1 aromatic rings. The van der Waals surface area contributed by atoms with Crippen LogP contribution < -0.4 is 5.32 Å². The first-order valence-corrected chi connectivity index (χ1v) is 7.43. The number of likely N-dealkylation sites (N-methyl/N-ethyl adjacent to an activating group) is 1. The summed E-state index contributed by atoms with van der Waals surface area (Å²) in [5.41, 5.74) is 0. The van der Waals surface area contributed by atoms with Crippen molar-refractivity contribution in [2.24, 2.45) is 0 Å². The molecule has 0 radical (unpaired) electrons. The Hall–Kier alpha value is -1.86. The van der Waals surface area contributed by atoms with Gasteiger partial charge in [0.25, 0.3) is 0 Å². The van der Waals surface area contributed by atoms with Crippen LogP contribution in [-0.4, -0.2) is 66.1 Å². The molecule has 7 nitrogen and oxygen atoms in total. The quantitative estimate of drug-likeness (QED) is 0.755. The molecular formula is C15H23N3O4. The molecule has 0 aromatic carbocycles. The Kier molecular flexibility index (Phi) is 5.57. The number of nitrogens with zero attached hydrogens (tertiary/aromatic N) is 2. The summed E-state index contributed by atoms with van der Waals surface area (Å²) in [6, 6.07) is 3.26. The van der Waals surface area contributed by atoms with Crippen LogP contribution in [0.15, 0.2) is 16.5 Å². The van der Waals surface area contributed by atoms with Crippen molar-refractivity contribution in [2.75, 3.05) is 33.3 Å². The van der Waals surface area contributed by atoms with Crippen LogP contribution in [0.1, 0.15) is 17.9 Å². The number of aryl methyl sites for hydroxylation is 1. The van der Waals surface area contributed by atoms with E-state index in [1.807, 2.05) is 24.0 Å². The van der Waals surface area contributed by atoms with Crippen molar-refractivity contribution in [3.63, 3.8) is 0 Å². The summed E-state index contributed by atoms with van der Waals surface area (Å²) in [5.74, 6) is 1.32. The molecule has 2 amide bonds. The SMILES string of the molecule is Cc1ccc(CN2CCNC(=O)[C@@H]2CC(=O)N(C)CCO)o1. The highest BCUT2D eigenvalue weighted by molar-refractivity contribution is 5.88. The van der Waals surface area contributed by atoms with Gasteiger partial charge in [-0.2, -0.15) is 0 Å². The third kappa shape index (κ3) is 4.08. The Bertz CT molecular complexity index is 529. The maximum absolute atomic E-state index is 12.1. The molecule has 2 N–H and O–H groups in total. The Morgan fingerprint density at radius 2 is 2.32 bits per heavy atom. The second-order valence-corrected chi connectivity index (χ2v) is 5.53. The van der Waals surface area contributed by atoms with Crippen LogP contribution in [-0.2, 0) is 16.1 Å². The molecule has 122 valence electrons. The summed E-state index contributed by atoms with van der Waals surface area (Å²) >= 11 is 0. The van der Waals surface area contributed by atoms with E-state index in [4.69, 9.17) is 9.52 Å². The van der Waals surface area contributed by atoms with Crippen LogP contribution in [0.25, 0.3) is 0 Å². The van der Waals surface area contributed by atoms with Crippen molar-refractivity contribution in [1.82, 2.24) is 15.1 Å². The predicted octanol–water partition coefficient (Wildman–Crippen LogP) is -0.271. The average molecular weight is 309 g/mol. The van der Waals surface area contributed by atoms with Crippen LogP contribution in [0.5, 0.6) is 0 Å². The van der Waals surface area contributed by atoms with Gasteiger partial charge < -0.3 is 19.7 Å². The predicted molar refractivity (Wildman–Crippen MR) is 80.0 cm³/mol. The number of aliphatic hydroxyl groups excluding tert-OH is 1. The molecule has 1 aliphatic rings. The summed E-state index contributed by atoms with van der Waals surface area (Å²) in [6.45, 7) is 3.79. The van der Waals surface area contributed by atoms with E-state index in [9.17, 15) is 9.59 Å². The van der Waals surface area contributed by atoms with Gasteiger partial charge in [0.05, 0.1) is 25.6 Å². The van der Waals surface area contributed by atoms with Gasteiger partial charge in [-0.15, -0.1) is 0 Å². The van der Waals surface area contributed by atoms with Crippen LogP contribution in [0.3, 0.4) is 0 Å². The molecule has 1 saturated heterocycles. The lowest BCUT2D eigenvalue weighted by Gasteiger charge is -2.34. The van der Waals surface area contributed by atoms with E-state index < -0.39 is 6.04 Å². The van der Waals surface area contributed by atoms with Crippen molar-refractivity contribution in [3.8, 4) is 0 Å². The molecule has 0 unspecified atom stereocenters. The molecule has 2 rings (SSSR count). The van der Waals surface area contributed by atoms with Gasteiger partial charge in [-0.25, -0.2) is 0 Å². The van der Waals surface area contributed by atoms with Crippen molar-refractivity contribution < 1.29 is 19.1 Å². The Balaban J connectivity index is 2.03. The number of hydrogen-bond donors (Lipinski definition) is 2. The largest absolute Gasteiger partial charge is 0.465 e. The zero-order chi connectivity index (χ0) is 16.1. The van der Waals surface area contributed by atoms with Gasteiger partial charge in [0.15, 0.2) is 0 Å². The first-order valence-electron chi connectivity index (χ1n) is 7.43. The minimum absolute atomic E-state index is 0.0888. The molecular weight excluding hydrogens is 286 g/mol. The van der Waals surface area contributed by atoms with Crippen molar-refractivity contribution >= 4 is 11.8 Å². The maximum Gasteiger partial charge on any atom is 0.237 e. The Morgan fingerprint density at radius 1 is 1.55 bits per heavy atom. The van der Waals surface area contributed by atoms with Crippen molar-refractivity contribution in [2.45, 2.75) is 25.9 Å². The number of rotatable bonds is 6. The third-order valence-electron chi connectivity index (χ3n) is 3.83. The first-order chi connectivity index (χ1) is 10.5. The zero-order valence-corrected chi connectivity index (χ0v) is 13.0. The van der Waals surface area contributed by atoms with Gasteiger partial charge in [0.1, 0.15) is 11.5 Å². The highest BCUT2D eigenvalue weighted by Crippen LogP contribution is 2.16. The molecule has 0 spiro atoms. The molecule has 7 heteroatoms. The first kappa shape index (κ1) is 16.5. The van der Waals surface area contributed by atoms with Crippen LogP contribution in [0.2, 0.25) is 0 Å². The lowest BCUT2D eigenvalue weighted by Crippen LogP contribution is -2.56. The number of carbonyl (C=O) groups is 2. The molecule has 22 heavy (non-hydrogen) atoms. The molecule has 1 aliphatic heterocycles. The number of amides is 2. The van der Waals surface area contributed by atoms with Crippen molar-refractivity contribution in [3.05, 3.63) is 23.7 Å². The van der Waals surface area contributed by atoms with Gasteiger partial charge >= 0.3 is 0 Å². The molecule has 1 atom stereocenters. The standard InChI is InChI=1S/C15H23N3O4/c1-11-3-4-12(22-11)10-18-6-5-16-15(21)13(18)9-14(20)17(2)7-8-19/h3-4,13,19H,5-10H2,1-2H3,(H,16,21)/t13-/m0/s1. The van der Waals surface area contributed by atoms with E-state index in [-0.39, 0.29) is 31.4 Å². The molecule has 0 aliphatic carbocycles. The minimum atomic E-state index is -0.507. The minimum Gasteiger partial charge on any atom is -0.465 e. The summed E-state index contributed by atoms with van der Waals surface area (Å²) in [7, 11) is 1.62. The number of furan rings is 1. The van der Waals surface area contributed by atoms with E-state index in [1.54, 1.807) is 7.05 Å². The summed E-state index contributed by atoms with van der Waals surface area (Å²) in [6.07, 6.45) is 0.0992. The molecule has 1 aromatic heterocycles. The van der Waals surface area contributed by atoms with Crippen LogP contribution >= 0.6 is 0 Å². The van der Waals surface area contributed by atoms with Gasteiger partial charge in [-0.05, 0) is 19.1 Å². The number of aliphatic hydroxyl groups is 1. The monoisotopic (exact) mass is 309 g/mol. The van der Waals surface area contributed by atoms with E-state index >= 15 is 0 Å². The van der Waals surface area contributed by atoms with E-state index in [0.717, 1.165) is 11.5 Å². The number of nitrogens with one attached hydrogen (secondary N) is 1. The maximum atomic E-state index is 12.1. The molecule has 0 saturated carbocycles. The molecule has 0 bridgehead atoms. The normalized spacial score (nSPS) is 19.0. The van der Waals surface area contributed by atoms with E-state index in [2.05, 4.69) is 5.32 Å². The highest BCUT2D eigenvalue weighted by atomic mass is 16.3. The third-order valence-corrected chi connectivity index (χ3v) is 3.83. The van der Waals surface area contributed by atoms with Gasteiger partial charge in [-0.1, -0.05) is 0 Å². The van der Waals surface area contributed by atoms with Crippen LogP contribution in [0, 0.1) is 6.92 Å². The topological polar surface area (TPSA) is 86.0 Å². The highest BCUT2D eigenvalue weighted by Gasteiger charge is 2.32. The smallest absolute Gasteiger partial charge is 0.237 e. The summed E-state index contributed by atoms with van der Waals surface area (Å²) < 4.78 is 5.56. The second kappa shape index (κ2) is 7.42. The fraction of sp³-hybridized carbons (Fsp3) is 0.600. The second-order valence-electron chi connectivity index (χ2n) is 5.53. The fourth-order valence-corrected chi connectivity index (χ4v) is 2.54. The number of piperazine rings is 1. The molecule has 1 fully saturated rings. The van der Waals surface area contributed by atoms with Gasteiger partial charge in [0, 0.05) is 26.7 Å². The Labute approximate surface area is 129 Å².